The Morgan fingerprint density at radius 2 is 1.94 bits per heavy atom. The Bertz CT molecular complexity index is 1300. The first-order valence-electron chi connectivity index (χ1n) is 12.5. The third-order valence-corrected chi connectivity index (χ3v) is 6.67. The third kappa shape index (κ3) is 4.89. The first-order chi connectivity index (χ1) is 17.7. The predicted octanol–water partition coefficient (Wildman–Crippen LogP) is 4.40. The number of benzene rings is 2. The maximum Gasteiger partial charge on any atom is 0.341 e. The molecular weight excluding hydrogens is 456 g/mol. The Morgan fingerprint density at radius 1 is 1.14 bits per heavy atom. The van der Waals surface area contributed by atoms with E-state index in [0.29, 0.717) is 49.0 Å². The average molecular weight is 487 g/mol. The second-order valence-corrected chi connectivity index (χ2v) is 8.99. The van der Waals surface area contributed by atoms with E-state index in [4.69, 9.17) is 9.47 Å². The van der Waals surface area contributed by atoms with E-state index in [1.54, 1.807) is 12.7 Å². The van der Waals surface area contributed by atoms with Crippen LogP contribution < -0.4 is 10.1 Å². The molecule has 0 spiro atoms. The fourth-order valence-electron chi connectivity index (χ4n) is 4.94. The zero-order chi connectivity index (χ0) is 24.9. The van der Waals surface area contributed by atoms with E-state index in [0.717, 1.165) is 42.4 Å². The molecule has 0 atom stereocenters. The number of imidazole rings is 1. The van der Waals surface area contributed by atoms with Crippen LogP contribution in [0.4, 0.5) is 5.82 Å². The van der Waals surface area contributed by atoms with Crippen LogP contribution in [0, 0.1) is 0 Å². The number of anilines is 1. The quantitative estimate of drug-likeness (QED) is 0.475. The molecule has 8 nitrogen and oxygen atoms in total. The predicted molar refractivity (Wildman–Crippen MR) is 137 cm³/mol. The number of carbonyl (C=O) groups excluding carboxylic acids is 2. The smallest absolute Gasteiger partial charge is 0.341 e. The summed E-state index contributed by atoms with van der Waals surface area (Å²) in [6.45, 7) is 3.20. The number of ketones is 1. The van der Waals surface area contributed by atoms with Crippen LogP contribution >= 0.6 is 0 Å². The van der Waals surface area contributed by atoms with E-state index in [9.17, 15) is 9.59 Å². The lowest BCUT2D eigenvalue weighted by molar-refractivity contribution is 0.0520. The van der Waals surface area contributed by atoms with Gasteiger partial charge in [-0.2, -0.15) is 0 Å². The first-order valence-corrected chi connectivity index (χ1v) is 12.5. The summed E-state index contributed by atoms with van der Waals surface area (Å²) in [6, 6.07) is 11.9. The van der Waals surface area contributed by atoms with E-state index in [1.807, 2.05) is 47.9 Å². The number of aliphatic imine (C=N–C) groups is 1. The number of ether oxygens (including phenoxy) is 2. The molecular formula is C28H30N4O4. The van der Waals surface area contributed by atoms with Gasteiger partial charge in [-0.3, -0.25) is 9.79 Å². The molecule has 0 saturated heterocycles. The SMILES string of the molecule is CCOC(=O)c1cc(CCn2cnc3c2NC=NCC3=O)c2c(c1OCc1ccccc1)CCCC2. The monoisotopic (exact) mass is 486 g/mol. The lowest BCUT2D eigenvalue weighted by Crippen LogP contribution is -2.17. The van der Waals surface area contributed by atoms with Gasteiger partial charge in [-0.1, -0.05) is 30.3 Å². The highest BCUT2D eigenvalue weighted by Gasteiger charge is 2.26. The molecule has 5 rings (SSSR count). The van der Waals surface area contributed by atoms with Crippen LogP contribution in [0.1, 0.15) is 62.9 Å². The fraction of sp³-hybridized carbons (Fsp3) is 0.357. The van der Waals surface area contributed by atoms with Gasteiger partial charge >= 0.3 is 5.97 Å². The van der Waals surface area contributed by atoms with E-state index in [-0.39, 0.29) is 18.3 Å². The van der Waals surface area contributed by atoms with Gasteiger partial charge in [0.2, 0.25) is 5.78 Å². The molecule has 2 aliphatic rings. The highest BCUT2D eigenvalue weighted by Crippen LogP contribution is 2.37. The van der Waals surface area contributed by atoms with Crippen molar-refractivity contribution in [3.63, 3.8) is 0 Å². The van der Waals surface area contributed by atoms with Crippen LogP contribution in [-0.2, 0) is 37.2 Å². The van der Waals surface area contributed by atoms with Gasteiger partial charge in [-0.15, -0.1) is 0 Å². The average Bonchev–Trinajstić information content (AvgIpc) is 3.22. The molecule has 186 valence electrons. The van der Waals surface area contributed by atoms with E-state index in [2.05, 4.69) is 15.3 Å². The molecule has 8 heteroatoms. The zero-order valence-corrected chi connectivity index (χ0v) is 20.5. The van der Waals surface area contributed by atoms with Gasteiger partial charge in [-0.05, 0) is 67.3 Å². The summed E-state index contributed by atoms with van der Waals surface area (Å²) in [7, 11) is 0. The van der Waals surface area contributed by atoms with E-state index >= 15 is 0 Å². The Morgan fingerprint density at radius 3 is 2.75 bits per heavy atom. The fourth-order valence-corrected chi connectivity index (χ4v) is 4.94. The maximum absolute atomic E-state index is 13.0. The van der Waals surface area contributed by atoms with Gasteiger partial charge in [-0.25, -0.2) is 9.78 Å². The highest BCUT2D eigenvalue weighted by atomic mass is 16.5. The van der Waals surface area contributed by atoms with Crippen LogP contribution in [0.25, 0.3) is 0 Å². The van der Waals surface area contributed by atoms with Gasteiger partial charge in [0.1, 0.15) is 30.3 Å². The lowest BCUT2D eigenvalue weighted by Gasteiger charge is -2.25. The molecule has 1 aliphatic heterocycles. The number of rotatable bonds is 8. The van der Waals surface area contributed by atoms with Gasteiger partial charge in [0.25, 0.3) is 0 Å². The number of fused-ring (bicyclic) bond motifs is 2. The maximum atomic E-state index is 13.0. The number of aryl methyl sites for hydroxylation is 2. The Labute approximate surface area is 210 Å². The normalized spacial score (nSPS) is 14.4. The summed E-state index contributed by atoms with van der Waals surface area (Å²) >= 11 is 0. The Hall–Kier alpha value is -3.94. The van der Waals surface area contributed by atoms with Crippen molar-refractivity contribution < 1.29 is 19.1 Å². The number of aromatic nitrogens is 2. The molecule has 1 aliphatic carbocycles. The number of hydrogen-bond acceptors (Lipinski definition) is 7. The Kier molecular flexibility index (Phi) is 7.11. The number of nitrogens with one attached hydrogen (secondary N) is 1. The minimum Gasteiger partial charge on any atom is -0.488 e. The molecule has 3 aromatic rings. The molecule has 1 aromatic heterocycles. The van der Waals surface area contributed by atoms with Gasteiger partial charge in [0.05, 0.1) is 19.3 Å². The number of nitrogens with zero attached hydrogens (tertiary/aromatic N) is 3. The number of Topliss-reactive ketones (excluding diaryl/α,β-unsaturated/α-hetero) is 1. The van der Waals surface area contributed by atoms with Crippen molar-refractivity contribution in [3.05, 3.63) is 76.2 Å². The van der Waals surface area contributed by atoms with Crippen molar-refractivity contribution in [2.45, 2.75) is 52.2 Å². The van der Waals surface area contributed by atoms with Crippen LogP contribution in [0.3, 0.4) is 0 Å². The second-order valence-electron chi connectivity index (χ2n) is 8.99. The Balaban J connectivity index is 1.48. The summed E-state index contributed by atoms with van der Waals surface area (Å²) in [5.41, 5.74) is 5.42. The molecule has 0 bridgehead atoms. The molecule has 0 radical (unpaired) electrons. The lowest BCUT2D eigenvalue weighted by atomic mass is 9.84. The minimum absolute atomic E-state index is 0.0951. The first kappa shape index (κ1) is 23.8. The van der Waals surface area contributed by atoms with Crippen LogP contribution in [0.5, 0.6) is 5.75 Å². The van der Waals surface area contributed by atoms with Crippen LogP contribution in [-0.4, -0.2) is 40.8 Å². The van der Waals surface area contributed by atoms with E-state index < -0.39 is 0 Å². The van der Waals surface area contributed by atoms with Gasteiger partial charge < -0.3 is 19.4 Å². The van der Waals surface area contributed by atoms with Gasteiger partial charge in [0.15, 0.2) is 5.69 Å². The molecule has 36 heavy (non-hydrogen) atoms. The highest BCUT2D eigenvalue weighted by molar-refractivity contribution is 6.04. The van der Waals surface area contributed by atoms with Crippen LogP contribution in [0.2, 0.25) is 0 Å². The number of hydrogen-bond donors (Lipinski definition) is 1. The third-order valence-electron chi connectivity index (χ3n) is 6.67. The largest absolute Gasteiger partial charge is 0.488 e. The van der Waals surface area contributed by atoms with E-state index in [1.165, 1.54) is 5.56 Å². The van der Waals surface area contributed by atoms with Crippen molar-refractivity contribution >= 4 is 23.9 Å². The number of esters is 1. The molecule has 0 saturated carbocycles. The summed E-state index contributed by atoms with van der Waals surface area (Å²) < 4.78 is 13.7. The van der Waals surface area contributed by atoms with Crippen LogP contribution in [0.15, 0.2) is 47.7 Å². The molecule has 2 heterocycles. The molecule has 2 aromatic carbocycles. The van der Waals surface area contributed by atoms with Gasteiger partial charge in [0, 0.05) is 6.54 Å². The van der Waals surface area contributed by atoms with Crippen molar-refractivity contribution in [3.8, 4) is 5.75 Å². The molecule has 0 unspecified atom stereocenters. The second kappa shape index (κ2) is 10.8. The van der Waals surface area contributed by atoms with Crippen molar-refractivity contribution in [1.82, 2.24) is 9.55 Å². The minimum atomic E-state index is -0.366. The summed E-state index contributed by atoms with van der Waals surface area (Å²) in [4.78, 5) is 33.7. The zero-order valence-electron chi connectivity index (χ0n) is 20.5. The molecule has 0 fully saturated rings. The van der Waals surface area contributed by atoms with Crippen molar-refractivity contribution in [2.24, 2.45) is 4.99 Å². The summed E-state index contributed by atoms with van der Waals surface area (Å²) in [5.74, 6) is 0.835. The standard InChI is InChI=1S/C28H30N4O4/c1-2-35-28(34)23-14-20(12-13-32-18-31-25-24(33)15-29-17-30-27(25)32)21-10-6-7-11-22(21)26(23)36-16-19-8-4-3-5-9-19/h3-5,8-9,14,17-18H,2,6-7,10-13,15-16H2,1H3,(H,29,30). The molecule has 1 N–H and O–H groups in total. The number of carbonyl (C=O) groups is 2. The molecule has 0 amide bonds. The van der Waals surface area contributed by atoms with Crippen molar-refractivity contribution in [1.29, 1.82) is 0 Å². The topological polar surface area (TPSA) is 94.8 Å². The summed E-state index contributed by atoms with van der Waals surface area (Å²) in [5, 5.41) is 3.08. The van der Waals surface area contributed by atoms with Crippen molar-refractivity contribution in [2.75, 3.05) is 18.5 Å². The summed E-state index contributed by atoms with van der Waals surface area (Å²) in [6.07, 6.45) is 7.88.